The van der Waals surface area contributed by atoms with Crippen molar-refractivity contribution in [3.8, 4) is 5.75 Å². The zero-order valence-electron chi connectivity index (χ0n) is 24.9. The van der Waals surface area contributed by atoms with Gasteiger partial charge in [0.1, 0.15) is 17.0 Å². The number of alkyl halides is 1. The Balaban J connectivity index is 1.10. The lowest BCUT2D eigenvalue weighted by Gasteiger charge is -2.24. The number of hydrogen-bond acceptors (Lipinski definition) is 6. The van der Waals surface area contributed by atoms with Gasteiger partial charge in [0.2, 0.25) is 0 Å². The van der Waals surface area contributed by atoms with E-state index in [2.05, 4.69) is 10.3 Å². The highest BCUT2D eigenvalue weighted by Gasteiger charge is 2.35. The van der Waals surface area contributed by atoms with Crippen molar-refractivity contribution in [1.82, 2.24) is 4.98 Å². The number of fused-ring (bicyclic) bond motifs is 6. The maximum absolute atomic E-state index is 13.7. The van der Waals surface area contributed by atoms with Crippen LogP contribution in [0.5, 0.6) is 5.75 Å². The van der Waals surface area contributed by atoms with Gasteiger partial charge in [0, 0.05) is 52.6 Å². The Morgan fingerprint density at radius 2 is 1.82 bits per heavy atom. The predicted octanol–water partition coefficient (Wildman–Crippen LogP) is 7.62. The molecule has 0 unspecified atom stereocenters. The fourth-order valence-electron chi connectivity index (χ4n) is 6.33. The van der Waals surface area contributed by atoms with Crippen LogP contribution < -0.4 is 15.1 Å². The molecule has 230 valence electrons. The summed E-state index contributed by atoms with van der Waals surface area (Å²) < 4.78 is 5.57. The van der Waals surface area contributed by atoms with E-state index >= 15 is 0 Å². The molecule has 0 radical (unpaired) electrons. The van der Waals surface area contributed by atoms with Gasteiger partial charge in [0.05, 0.1) is 21.9 Å². The van der Waals surface area contributed by atoms with Crippen LogP contribution >= 0.6 is 22.9 Å². The quantitative estimate of drug-likeness (QED) is 0.175. The van der Waals surface area contributed by atoms with Crippen LogP contribution in [0.2, 0.25) is 0 Å². The molecule has 7 rings (SSSR count). The molecule has 45 heavy (non-hydrogen) atoms. The second kappa shape index (κ2) is 10.8. The number of phenols is 1. The van der Waals surface area contributed by atoms with Crippen molar-refractivity contribution in [2.75, 3.05) is 34.1 Å². The Labute approximate surface area is 268 Å². The number of hydrogen-bond donors (Lipinski definition) is 3. The molecular weight excluding hydrogens is 612 g/mol. The Morgan fingerprint density at radius 3 is 2.58 bits per heavy atom. The molecule has 0 saturated carbocycles. The summed E-state index contributed by atoms with van der Waals surface area (Å²) in [5, 5.41) is 17.8. The van der Waals surface area contributed by atoms with Crippen LogP contribution in [0.4, 0.5) is 21.9 Å². The van der Waals surface area contributed by atoms with Crippen molar-refractivity contribution in [2.24, 2.45) is 0 Å². The third kappa shape index (κ3) is 5.07. The number of H-pyrrole nitrogens is 1. The minimum atomic E-state index is -0.598. The maximum atomic E-state index is 13.7. The van der Waals surface area contributed by atoms with Gasteiger partial charge in [-0.15, -0.1) is 22.9 Å². The summed E-state index contributed by atoms with van der Waals surface area (Å²) in [4.78, 5) is 46.7. The molecule has 2 aromatic heterocycles. The molecule has 2 aliphatic heterocycles. The van der Waals surface area contributed by atoms with Crippen molar-refractivity contribution >= 4 is 79.6 Å². The number of ether oxygens (including phenoxy) is 1. The molecule has 9 nitrogen and oxygen atoms in total. The van der Waals surface area contributed by atoms with Crippen LogP contribution in [0.25, 0.3) is 21.7 Å². The Kier molecular flexibility index (Phi) is 7.02. The average Bonchev–Trinajstić information content (AvgIpc) is 3.79. The normalized spacial score (nSPS) is 15.9. The molecule has 0 spiro atoms. The number of rotatable bonds is 4. The molecule has 3 N–H and O–H groups in total. The van der Waals surface area contributed by atoms with Crippen molar-refractivity contribution in [3.63, 3.8) is 0 Å². The zero-order valence-corrected chi connectivity index (χ0v) is 26.5. The number of nitrogens with one attached hydrogen (secondary N) is 2. The topological polar surface area (TPSA) is 115 Å². The van der Waals surface area contributed by atoms with Gasteiger partial charge < -0.3 is 25.0 Å². The maximum Gasteiger partial charge on any atom is 0.414 e. The number of thiophene rings is 1. The summed E-state index contributed by atoms with van der Waals surface area (Å²) in [5.41, 5.74) is 4.44. The summed E-state index contributed by atoms with van der Waals surface area (Å²) in [5.74, 6) is -0.194. The van der Waals surface area contributed by atoms with Gasteiger partial charge in [-0.1, -0.05) is 24.3 Å². The standard InChI is InChI=1S/C34H31ClN4O5S/c1-34(2,3)44-33(43)38-11-10-20-23-13-25(37-24(23)8-9-26(20)38)31(41)36-19-12-29(45-17-19)32(42)39-16-18(15-35)30-22-7-5-4-6-21(22)28(40)14-27(30)39/h4-9,12-14,17-18,37,40H,10-11,15-16H2,1-3H3,(H,36,41)/t18-/m1/s1. The number of halogens is 1. The zero-order chi connectivity index (χ0) is 31.6. The summed E-state index contributed by atoms with van der Waals surface area (Å²) in [6.45, 7) is 6.42. The van der Waals surface area contributed by atoms with Crippen LogP contribution in [0, 0.1) is 0 Å². The molecule has 3 aromatic carbocycles. The van der Waals surface area contributed by atoms with E-state index < -0.39 is 11.7 Å². The van der Waals surface area contributed by atoms with Crippen LogP contribution in [-0.4, -0.2) is 52.6 Å². The Hall–Kier alpha value is -4.54. The number of anilines is 3. The average molecular weight is 643 g/mol. The van der Waals surface area contributed by atoms with Gasteiger partial charge in [0.15, 0.2) is 0 Å². The van der Waals surface area contributed by atoms with E-state index in [-0.39, 0.29) is 23.5 Å². The molecule has 1 atom stereocenters. The molecule has 0 aliphatic carbocycles. The van der Waals surface area contributed by atoms with Crippen molar-refractivity contribution < 1.29 is 24.2 Å². The summed E-state index contributed by atoms with van der Waals surface area (Å²) >= 11 is 7.58. The number of aromatic nitrogens is 1. The minimum absolute atomic E-state index is 0.0741. The van der Waals surface area contributed by atoms with Gasteiger partial charge in [0.25, 0.3) is 11.8 Å². The molecule has 3 amide bonds. The van der Waals surface area contributed by atoms with Gasteiger partial charge in [-0.05, 0) is 68.0 Å². The van der Waals surface area contributed by atoms with E-state index in [1.165, 1.54) is 11.3 Å². The lowest BCUT2D eigenvalue weighted by atomic mass is 9.95. The van der Waals surface area contributed by atoms with Gasteiger partial charge in [-0.25, -0.2) is 4.79 Å². The molecule has 4 heterocycles. The Bertz CT molecular complexity index is 2030. The SMILES string of the molecule is CC(C)(C)OC(=O)N1CCc2c1ccc1[nH]c(C(=O)Nc3csc(C(=O)N4C[C@@H](CCl)c5c4cc(O)c4ccccc54)c3)cc21. The minimum Gasteiger partial charge on any atom is -0.507 e. The molecule has 5 aromatic rings. The second-order valence-corrected chi connectivity index (χ2v) is 13.6. The summed E-state index contributed by atoms with van der Waals surface area (Å²) in [6, 6.07) is 16.4. The number of nitrogens with zero attached hydrogens (tertiary/aromatic N) is 2. The Morgan fingerprint density at radius 1 is 1.04 bits per heavy atom. The lowest BCUT2D eigenvalue weighted by molar-refractivity contribution is 0.0583. The van der Waals surface area contributed by atoms with Crippen molar-refractivity contribution in [1.29, 1.82) is 0 Å². The third-order valence-electron chi connectivity index (χ3n) is 8.27. The first kappa shape index (κ1) is 29.2. The highest BCUT2D eigenvalue weighted by molar-refractivity contribution is 7.12. The molecule has 0 bridgehead atoms. The van der Waals surface area contributed by atoms with Crippen LogP contribution in [0.3, 0.4) is 0 Å². The number of carbonyl (C=O) groups excluding carboxylic acids is 3. The van der Waals surface area contributed by atoms with Crippen molar-refractivity contribution in [3.05, 3.63) is 81.7 Å². The first-order chi connectivity index (χ1) is 21.5. The number of aromatic hydroxyl groups is 1. The fourth-order valence-corrected chi connectivity index (χ4v) is 7.37. The summed E-state index contributed by atoms with van der Waals surface area (Å²) in [6.07, 6.45) is 0.260. The largest absolute Gasteiger partial charge is 0.507 e. The van der Waals surface area contributed by atoms with Gasteiger partial charge in [-0.2, -0.15) is 0 Å². The highest BCUT2D eigenvalue weighted by Crippen LogP contribution is 2.46. The fraction of sp³-hybridized carbons (Fsp3) is 0.265. The van der Waals surface area contributed by atoms with Gasteiger partial charge >= 0.3 is 6.09 Å². The van der Waals surface area contributed by atoms with E-state index in [0.29, 0.717) is 47.3 Å². The van der Waals surface area contributed by atoms with E-state index in [1.54, 1.807) is 33.4 Å². The first-order valence-corrected chi connectivity index (χ1v) is 16.1. The predicted molar refractivity (Wildman–Crippen MR) is 179 cm³/mol. The monoisotopic (exact) mass is 642 g/mol. The van der Waals surface area contributed by atoms with E-state index in [9.17, 15) is 19.5 Å². The number of phenolic OH excluding ortho intramolecular Hbond substituents is 1. The molecular formula is C34H31ClN4O5S. The third-order valence-corrected chi connectivity index (χ3v) is 9.56. The van der Waals surface area contributed by atoms with Gasteiger partial charge in [-0.3, -0.25) is 14.5 Å². The van der Waals surface area contributed by atoms with Crippen LogP contribution in [0.1, 0.15) is 58.0 Å². The number of amides is 3. The van der Waals surface area contributed by atoms with E-state index in [4.69, 9.17) is 16.3 Å². The summed E-state index contributed by atoms with van der Waals surface area (Å²) in [7, 11) is 0. The molecule has 0 fully saturated rings. The number of benzene rings is 3. The lowest BCUT2D eigenvalue weighted by Crippen LogP contribution is -2.35. The molecule has 2 aliphatic rings. The molecule has 11 heteroatoms. The smallest absolute Gasteiger partial charge is 0.414 e. The molecule has 0 saturated heterocycles. The van der Waals surface area contributed by atoms with Crippen LogP contribution in [-0.2, 0) is 11.2 Å². The second-order valence-electron chi connectivity index (χ2n) is 12.4. The van der Waals surface area contributed by atoms with Crippen LogP contribution in [0.15, 0.2) is 60.0 Å². The highest BCUT2D eigenvalue weighted by atomic mass is 35.5. The van der Waals surface area contributed by atoms with Crippen molar-refractivity contribution in [2.45, 2.75) is 38.7 Å². The first-order valence-electron chi connectivity index (χ1n) is 14.7. The number of aromatic amines is 1. The number of carbonyl (C=O) groups is 3. The van der Waals surface area contributed by atoms with E-state index in [0.717, 1.165) is 38.5 Å². The van der Waals surface area contributed by atoms with E-state index in [1.807, 2.05) is 57.2 Å².